The van der Waals surface area contributed by atoms with Gasteiger partial charge in [0.25, 0.3) is 0 Å². The number of aromatic amines is 1. The van der Waals surface area contributed by atoms with Gasteiger partial charge in [-0.25, -0.2) is 28.7 Å². The third kappa shape index (κ3) is 4.26. The van der Waals surface area contributed by atoms with Crippen LogP contribution in [-0.2, 0) is 0 Å². The van der Waals surface area contributed by atoms with Gasteiger partial charge in [0.1, 0.15) is 17.1 Å². The lowest BCUT2D eigenvalue weighted by Crippen LogP contribution is -1.98. The van der Waals surface area contributed by atoms with E-state index in [0.717, 1.165) is 11.6 Å². The largest absolute Gasteiger partial charge is 0.438 e. The summed E-state index contributed by atoms with van der Waals surface area (Å²) in [6.07, 6.45) is 3.29. The summed E-state index contributed by atoms with van der Waals surface area (Å²) in [4.78, 5) is 19.9. The van der Waals surface area contributed by atoms with Gasteiger partial charge >= 0.3 is 0 Å². The molecule has 0 aliphatic carbocycles. The fraction of sp³-hybridized carbons (Fsp3) is 0.0435. The number of imidazole rings is 1. The molecular weight excluding hydrogens is 428 g/mol. The van der Waals surface area contributed by atoms with Crippen molar-refractivity contribution in [1.29, 1.82) is 0 Å². The van der Waals surface area contributed by atoms with Crippen molar-refractivity contribution in [3.63, 3.8) is 0 Å². The number of fused-ring (bicyclic) bond motifs is 1. The van der Waals surface area contributed by atoms with Crippen LogP contribution in [0.4, 0.5) is 26.4 Å². The van der Waals surface area contributed by atoms with Gasteiger partial charge in [-0.05, 0) is 48.5 Å². The molecule has 0 aliphatic rings. The fourth-order valence-electron chi connectivity index (χ4n) is 3.25. The highest BCUT2D eigenvalue weighted by atomic mass is 19.1. The van der Waals surface area contributed by atoms with Crippen LogP contribution in [-0.4, -0.2) is 32.0 Å². The molecule has 5 rings (SSSR count). The van der Waals surface area contributed by atoms with E-state index in [1.807, 2.05) is 6.07 Å². The van der Waals surface area contributed by atoms with Gasteiger partial charge in [0.2, 0.25) is 17.8 Å². The SMILES string of the molecule is CNc1nccc(-c2cccnc2Oc2ccc(Nc3nc4c(F)cc(F)cc4[nH]3)cc2)n1. The quantitative estimate of drug-likeness (QED) is 0.327. The number of nitrogens with one attached hydrogen (secondary N) is 3. The number of hydrogen-bond acceptors (Lipinski definition) is 7. The van der Waals surface area contributed by atoms with Gasteiger partial charge in [0.05, 0.1) is 16.8 Å². The Kier molecular flexibility index (Phi) is 5.23. The number of halogens is 2. The van der Waals surface area contributed by atoms with E-state index in [9.17, 15) is 8.78 Å². The zero-order chi connectivity index (χ0) is 22.8. The van der Waals surface area contributed by atoms with E-state index in [1.165, 1.54) is 6.07 Å². The van der Waals surface area contributed by atoms with Crippen LogP contribution in [0.25, 0.3) is 22.3 Å². The molecule has 0 amide bonds. The molecule has 3 heterocycles. The van der Waals surface area contributed by atoms with E-state index in [2.05, 4.69) is 35.6 Å². The highest BCUT2D eigenvalue weighted by molar-refractivity contribution is 5.79. The first-order valence-electron chi connectivity index (χ1n) is 9.95. The summed E-state index contributed by atoms with van der Waals surface area (Å²) in [6, 6.07) is 14.5. The Morgan fingerprint density at radius 3 is 2.61 bits per heavy atom. The summed E-state index contributed by atoms with van der Waals surface area (Å²) in [5.74, 6) is 0.338. The fourth-order valence-corrected chi connectivity index (χ4v) is 3.25. The average Bonchev–Trinajstić information content (AvgIpc) is 3.23. The number of nitrogens with zero attached hydrogens (tertiary/aromatic N) is 4. The van der Waals surface area contributed by atoms with Gasteiger partial charge in [0, 0.05) is 31.2 Å². The van der Waals surface area contributed by atoms with Crippen molar-refractivity contribution in [3.8, 4) is 22.9 Å². The van der Waals surface area contributed by atoms with Crippen LogP contribution in [0.5, 0.6) is 11.6 Å². The number of benzene rings is 2. The van der Waals surface area contributed by atoms with Gasteiger partial charge in [-0.2, -0.15) is 0 Å². The second-order valence-electron chi connectivity index (χ2n) is 6.99. The number of ether oxygens (including phenoxy) is 1. The van der Waals surface area contributed by atoms with Crippen LogP contribution in [0, 0.1) is 11.6 Å². The maximum Gasteiger partial charge on any atom is 0.228 e. The predicted molar refractivity (Wildman–Crippen MR) is 121 cm³/mol. The number of aromatic nitrogens is 5. The highest BCUT2D eigenvalue weighted by Gasteiger charge is 2.12. The van der Waals surface area contributed by atoms with Crippen molar-refractivity contribution in [2.75, 3.05) is 17.7 Å². The van der Waals surface area contributed by atoms with Gasteiger partial charge in [-0.1, -0.05) is 0 Å². The van der Waals surface area contributed by atoms with E-state index >= 15 is 0 Å². The maximum absolute atomic E-state index is 13.9. The second kappa shape index (κ2) is 8.50. The molecule has 8 nitrogen and oxygen atoms in total. The molecule has 3 aromatic heterocycles. The molecule has 0 bridgehead atoms. The Bertz CT molecular complexity index is 1440. The molecule has 0 radical (unpaired) electrons. The monoisotopic (exact) mass is 445 g/mol. The van der Waals surface area contributed by atoms with Crippen LogP contribution in [0.2, 0.25) is 0 Å². The lowest BCUT2D eigenvalue weighted by Gasteiger charge is -2.11. The van der Waals surface area contributed by atoms with Crippen LogP contribution in [0.15, 0.2) is 67.0 Å². The number of rotatable bonds is 6. The smallest absolute Gasteiger partial charge is 0.228 e. The molecule has 164 valence electrons. The molecule has 0 spiro atoms. The van der Waals surface area contributed by atoms with E-state index in [0.29, 0.717) is 34.9 Å². The van der Waals surface area contributed by atoms with Gasteiger partial charge in [0.15, 0.2) is 5.82 Å². The van der Waals surface area contributed by atoms with Crippen LogP contribution in [0.1, 0.15) is 0 Å². The molecular formula is C23H17F2N7O. The summed E-state index contributed by atoms with van der Waals surface area (Å²) in [6.45, 7) is 0. The van der Waals surface area contributed by atoms with Crippen molar-refractivity contribution < 1.29 is 13.5 Å². The predicted octanol–water partition coefficient (Wildman–Crippen LogP) is 5.27. The average molecular weight is 445 g/mol. The summed E-state index contributed by atoms with van der Waals surface area (Å²) < 4.78 is 33.3. The standard InChI is InChI=1S/C23H17F2N7O/c1-26-22-28-10-8-18(30-22)16-3-2-9-27-21(16)33-15-6-4-14(5-7-15)29-23-31-19-12-13(24)11-17(25)20(19)32-23/h2-12H,1H3,(H,26,28,30)(H2,29,31,32). The van der Waals surface area contributed by atoms with Crippen molar-refractivity contribution in [2.45, 2.75) is 0 Å². The van der Waals surface area contributed by atoms with E-state index < -0.39 is 11.6 Å². The molecule has 0 atom stereocenters. The molecule has 0 aliphatic heterocycles. The first-order chi connectivity index (χ1) is 16.1. The number of pyridine rings is 1. The van der Waals surface area contributed by atoms with Gasteiger partial charge in [-0.15, -0.1) is 0 Å². The lowest BCUT2D eigenvalue weighted by molar-refractivity contribution is 0.465. The van der Waals surface area contributed by atoms with Crippen molar-refractivity contribution in [1.82, 2.24) is 24.9 Å². The molecule has 3 N–H and O–H groups in total. The number of anilines is 3. The Hall–Kier alpha value is -4.60. The normalized spacial score (nSPS) is 10.9. The highest BCUT2D eigenvalue weighted by Crippen LogP contribution is 2.31. The van der Waals surface area contributed by atoms with E-state index in [1.54, 1.807) is 55.8 Å². The Labute approximate surface area is 186 Å². The maximum atomic E-state index is 13.9. The molecule has 33 heavy (non-hydrogen) atoms. The minimum atomic E-state index is -0.727. The first kappa shape index (κ1) is 20.3. The molecule has 10 heteroatoms. The Morgan fingerprint density at radius 1 is 0.939 bits per heavy atom. The minimum absolute atomic E-state index is 0.0627. The molecule has 0 saturated heterocycles. The summed E-state index contributed by atoms with van der Waals surface area (Å²) in [5, 5.41) is 5.94. The summed E-state index contributed by atoms with van der Waals surface area (Å²) >= 11 is 0. The molecule has 5 aromatic rings. The minimum Gasteiger partial charge on any atom is -0.438 e. The lowest BCUT2D eigenvalue weighted by atomic mass is 10.2. The van der Waals surface area contributed by atoms with Crippen molar-refractivity contribution in [3.05, 3.63) is 78.6 Å². The molecule has 0 saturated carbocycles. The van der Waals surface area contributed by atoms with Crippen molar-refractivity contribution >= 4 is 28.6 Å². The number of H-pyrrole nitrogens is 1. The first-order valence-corrected chi connectivity index (χ1v) is 9.95. The van der Waals surface area contributed by atoms with E-state index in [-0.39, 0.29) is 11.0 Å². The molecule has 0 fully saturated rings. The second-order valence-corrected chi connectivity index (χ2v) is 6.99. The third-order valence-electron chi connectivity index (χ3n) is 4.76. The summed E-state index contributed by atoms with van der Waals surface area (Å²) in [7, 11) is 1.75. The van der Waals surface area contributed by atoms with Gasteiger partial charge < -0.3 is 20.4 Å². The third-order valence-corrected chi connectivity index (χ3v) is 4.76. The summed E-state index contributed by atoms with van der Waals surface area (Å²) in [5.41, 5.74) is 2.40. The Morgan fingerprint density at radius 2 is 1.79 bits per heavy atom. The van der Waals surface area contributed by atoms with Crippen molar-refractivity contribution in [2.24, 2.45) is 0 Å². The van der Waals surface area contributed by atoms with Crippen LogP contribution in [0.3, 0.4) is 0 Å². The van der Waals surface area contributed by atoms with E-state index in [4.69, 9.17) is 4.74 Å². The van der Waals surface area contributed by atoms with Crippen LogP contribution < -0.4 is 15.4 Å². The zero-order valence-corrected chi connectivity index (χ0v) is 17.3. The van der Waals surface area contributed by atoms with Gasteiger partial charge in [-0.3, -0.25) is 0 Å². The molecule has 2 aromatic carbocycles. The van der Waals surface area contributed by atoms with Crippen LogP contribution >= 0.6 is 0 Å². The zero-order valence-electron chi connectivity index (χ0n) is 17.3. The number of hydrogen-bond donors (Lipinski definition) is 3. The Balaban J connectivity index is 1.35. The molecule has 0 unspecified atom stereocenters. The topological polar surface area (TPSA) is 101 Å².